The van der Waals surface area contributed by atoms with Crippen LogP contribution in [0.5, 0.6) is 5.75 Å². The molecule has 6 heteroatoms. The summed E-state index contributed by atoms with van der Waals surface area (Å²) in [6.07, 6.45) is 0. The van der Waals surface area contributed by atoms with Gasteiger partial charge in [0.15, 0.2) is 6.61 Å². The number of hydrogen-bond donors (Lipinski definition) is 0. The number of rotatable bonds is 4. The molecule has 0 saturated carbocycles. The summed E-state index contributed by atoms with van der Waals surface area (Å²) < 4.78 is 33.5. The lowest BCUT2D eigenvalue weighted by atomic mass is 10.3. The maximum Gasteiger partial charge on any atom is 0.377 e. The standard InChI is InChI=1S/C11H10F2O4/c1-11(12,13)10(15)16-7-9(14)17-8-5-3-2-4-6-8/h2-6H,7H2,1H3. The molecule has 1 rings (SSSR count). The third kappa shape index (κ3) is 4.58. The van der Waals surface area contributed by atoms with Crippen LogP contribution < -0.4 is 4.74 Å². The third-order valence-corrected chi connectivity index (χ3v) is 1.65. The number of esters is 2. The molecule has 0 aromatic heterocycles. The highest BCUT2D eigenvalue weighted by molar-refractivity contribution is 5.81. The zero-order valence-electron chi connectivity index (χ0n) is 8.98. The second-order valence-corrected chi connectivity index (χ2v) is 3.25. The zero-order chi connectivity index (χ0) is 12.9. The number of carbonyl (C=O) groups excluding carboxylic acids is 2. The van der Waals surface area contributed by atoms with Gasteiger partial charge < -0.3 is 9.47 Å². The first-order valence-corrected chi connectivity index (χ1v) is 4.70. The van der Waals surface area contributed by atoms with Gasteiger partial charge in [0.25, 0.3) is 0 Å². The fourth-order valence-corrected chi connectivity index (χ4v) is 0.901. The minimum Gasteiger partial charge on any atom is -0.449 e. The lowest BCUT2D eigenvalue weighted by Crippen LogP contribution is -2.30. The topological polar surface area (TPSA) is 52.6 Å². The van der Waals surface area contributed by atoms with Gasteiger partial charge in [0.1, 0.15) is 5.75 Å². The van der Waals surface area contributed by atoms with E-state index in [1.54, 1.807) is 18.2 Å². The summed E-state index contributed by atoms with van der Waals surface area (Å²) in [6.45, 7) is -0.463. The van der Waals surface area contributed by atoms with Gasteiger partial charge in [-0.15, -0.1) is 0 Å². The summed E-state index contributed by atoms with van der Waals surface area (Å²) in [5.74, 6) is -6.05. The van der Waals surface area contributed by atoms with Gasteiger partial charge in [-0.05, 0) is 12.1 Å². The van der Waals surface area contributed by atoms with Crippen LogP contribution in [0.4, 0.5) is 8.78 Å². The summed E-state index contributed by atoms with van der Waals surface area (Å²) in [4.78, 5) is 21.7. The van der Waals surface area contributed by atoms with Crippen LogP contribution in [0.3, 0.4) is 0 Å². The fourth-order valence-electron chi connectivity index (χ4n) is 0.901. The SMILES string of the molecule is CC(F)(F)C(=O)OCC(=O)Oc1ccccc1. The number of benzene rings is 1. The van der Waals surface area contributed by atoms with Gasteiger partial charge in [0, 0.05) is 6.92 Å². The van der Waals surface area contributed by atoms with Gasteiger partial charge in [-0.1, -0.05) is 18.2 Å². The van der Waals surface area contributed by atoms with Crippen molar-refractivity contribution in [1.29, 1.82) is 0 Å². The van der Waals surface area contributed by atoms with E-state index in [0.29, 0.717) is 6.92 Å². The van der Waals surface area contributed by atoms with Crippen molar-refractivity contribution in [2.75, 3.05) is 6.61 Å². The lowest BCUT2D eigenvalue weighted by molar-refractivity contribution is -0.173. The van der Waals surface area contributed by atoms with Crippen molar-refractivity contribution in [3.63, 3.8) is 0 Å². The molecule has 0 unspecified atom stereocenters. The molecule has 0 bridgehead atoms. The Kier molecular flexibility index (Phi) is 4.14. The highest BCUT2D eigenvalue weighted by atomic mass is 19.3. The van der Waals surface area contributed by atoms with Crippen LogP contribution in [0.15, 0.2) is 30.3 Å². The predicted octanol–water partition coefficient (Wildman–Crippen LogP) is 1.79. The third-order valence-electron chi connectivity index (χ3n) is 1.65. The molecule has 1 aromatic carbocycles. The summed E-state index contributed by atoms with van der Waals surface area (Å²) in [5.41, 5.74) is 0. The Morgan fingerprint density at radius 2 is 1.82 bits per heavy atom. The molecule has 17 heavy (non-hydrogen) atoms. The van der Waals surface area contributed by atoms with Crippen LogP contribution in [0.2, 0.25) is 0 Å². The Balaban J connectivity index is 2.39. The van der Waals surface area contributed by atoms with Crippen LogP contribution in [0.25, 0.3) is 0 Å². The maximum absolute atomic E-state index is 12.4. The van der Waals surface area contributed by atoms with Gasteiger partial charge in [0.2, 0.25) is 0 Å². The van der Waals surface area contributed by atoms with Crippen LogP contribution in [-0.4, -0.2) is 24.5 Å². The molecule has 0 fully saturated rings. The van der Waals surface area contributed by atoms with E-state index >= 15 is 0 Å². The van der Waals surface area contributed by atoms with Gasteiger partial charge >= 0.3 is 17.9 Å². The Bertz CT molecular complexity index is 398. The van der Waals surface area contributed by atoms with E-state index in [1.807, 2.05) is 0 Å². The number of ether oxygens (including phenoxy) is 2. The minimum absolute atomic E-state index is 0.247. The average molecular weight is 244 g/mol. The average Bonchev–Trinajstić information content (AvgIpc) is 2.26. The maximum atomic E-state index is 12.4. The molecular weight excluding hydrogens is 234 g/mol. The van der Waals surface area contributed by atoms with Gasteiger partial charge in [-0.25, -0.2) is 9.59 Å². The molecule has 0 aliphatic heterocycles. The molecule has 92 valence electrons. The molecule has 0 N–H and O–H groups in total. The lowest BCUT2D eigenvalue weighted by Gasteiger charge is -2.09. The van der Waals surface area contributed by atoms with Crippen molar-refractivity contribution in [2.24, 2.45) is 0 Å². The highest BCUT2D eigenvalue weighted by Gasteiger charge is 2.34. The molecule has 0 saturated heterocycles. The van der Waals surface area contributed by atoms with E-state index in [2.05, 4.69) is 4.74 Å². The summed E-state index contributed by atoms with van der Waals surface area (Å²) in [7, 11) is 0. The van der Waals surface area contributed by atoms with Crippen molar-refractivity contribution < 1.29 is 27.8 Å². The first kappa shape index (κ1) is 13.1. The molecule has 0 amide bonds. The molecule has 0 radical (unpaired) electrons. The monoisotopic (exact) mass is 244 g/mol. The summed E-state index contributed by atoms with van der Waals surface area (Å²) in [5, 5.41) is 0. The van der Waals surface area contributed by atoms with Crippen molar-refractivity contribution in [3.8, 4) is 5.75 Å². The molecular formula is C11H10F2O4. The summed E-state index contributed by atoms with van der Waals surface area (Å²) >= 11 is 0. The molecule has 0 aliphatic carbocycles. The van der Waals surface area contributed by atoms with E-state index < -0.39 is 24.5 Å². The number of carbonyl (C=O) groups is 2. The van der Waals surface area contributed by atoms with Gasteiger partial charge in [-0.3, -0.25) is 0 Å². The van der Waals surface area contributed by atoms with Gasteiger partial charge in [-0.2, -0.15) is 8.78 Å². The number of para-hydroxylation sites is 1. The van der Waals surface area contributed by atoms with Gasteiger partial charge in [0.05, 0.1) is 0 Å². The quantitative estimate of drug-likeness (QED) is 0.598. The molecule has 0 atom stereocenters. The minimum atomic E-state index is -3.62. The van der Waals surface area contributed by atoms with Crippen molar-refractivity contribution in [1.82, 2.24) is 0 Å². The molecule has 0 aliphatic rings. The smallest absolute Gasteiger partial charge is 0.377 e. The number of alkyl halides is 2. The van der Waals surface area contributed by atoms with Crippen LogP contribution in [-0.2, 0) is 14.3 Å². The molecule has 4 nitrogen and oxygen atoms in total. The van der Waals surface area contributed by atoms with Crippen molar-refractivity contribution in [3.05, 3.63) is 30.3 Å². The predicted molar refractivity (Wildman–Crippen MR) is 53.7 cm³/mol. The van der Waals surface area contributed by atoms with Crippen molar-refractivity contribution in [2.45, 2.75) is 12.8 Å². The largest absolute Gasteiger partial charge is 0.449 e. The fraction of sp³-hybridized carbons (Fsp3) is 0.273. The molecule has 1 aromatic rings. The van der Waals surface area contributed by atoms with Crippen LogP contribution >= 0.6 is 0 Å². The Hall–Kier alpha value is -1.98. The Morgan fingerprint density at radius 1 is 1.24 bits per heavy atom. The van der Waals surface area contributed by atoms with Crippen LogP contribution in [0.1, 0.15) is 6.92 Å². The Morgan fingerprint density at radius 3 is 2.35 bits per heavy atom. The Labute approximate surface area is 96.1 Å². The second kappa shape index (κ2) is 5.38. The van der Waals surface area contributed by atoms with E-state index in [9.17, 15) is 18.4 Å². The van der Waals surface area contributed by atoms with E-state index in [1.165, 1.54) is 12.1 Å². The van der Waals surface area contributed by atoms with E-state index in [0.717, 1.165) is 0 Å². The second-order valence-electron chi connectivity index (χ2n) is 3.25. The normalized spacial score (nSPS) is 10.8. The first-order chi connectivity index (χ1) is 7.89. The van der Waals surface area contributed by atoms with E-state index in [4.69, 9.17) is 4.74 Å². The summed E-state index contributed by atoms with van der Waals surface area (Å²) in [6, 6.07) is 8.00. The molecule has 0 spiro atoms. The number of hydrogen-bond acceptors (Lipinski definition) is 4. The number of halogens is 2. The highest BCUT2D eigenvalue weighted by Crippen LogP contribution is 2.13. The molecule has 0 heterocycles. The van der Waals surface area contributed by atoms with Crippen molar-refractivity contribution >= 4 is 11.9 Å². The van der Waals surface area contributed by atoms with E-state index in [-0.39, 0.29) is 5.75 Å². The first-order valence-electron chi connectivity index (χ1n) is 4.70. The van der Waals surface area contributed by atoms with Crippen LogP contribution in [0, 0.1) is 0 Å². The zero-order valence-corrected chi connectivity index (χ0v) is 8.98.